The number of hydrogen-bond donors (Lipinski definition) is 2. The first-order valence-electron chi connectivity index (χ1n) is 10.9. The number of benzene rings is 4. The van der Waals surface area contributed by atoms with Gasteiger partial charge in [0.05, 0.1) is 15.9 Å². The first-order chi connectivity index (χ1) is 16.4. The van der Waals surface area contributed by atoms with Gasteiger partial charge >= 0.3 is 0 Å². The third-order valence-electron chi connectivity index (χ3n) is 5.66. The van der Waals surface area contributed by atoms with Crippen molar-refractivity contribution < 1.29 is 8.42 Å². The van der Waals surface area contributed by atoms with E-state index in [0.29, 0.717) is 17.9 Å². The van der Waals surface area contributed by atoms with Crippen LogP contribution in [0.3, 0.4) is 0 Å². The van der Waals surface area contributed by atoms with Crippen molar-refractivity contribution in [3.63, 3.8) is 0 Å². The Hall–Kier alpha value is -4.10. The van der Waals surface area contributed by atoms with E-state index < -0.39 is 10.0 Å². The second kappa shape index (κ2) is 8.68. The molecule has 0 aliphatic rings. The number of fused-ring (bicyclic) bond motifs is 1. The topological polar surface area (TPSA) is 90.0 Å². The Morgan fingerprint density at radius 2 is 1.65 bits per heavy atom. The van der Waals surface area contributed by atoms with Gasteiger partial charge in [0.25, 0.3) is 10.0 Å². The van der Waals surface area contributed by atoms with Crippen molar-refractivity contribution in [2.45, 2.75) is 18.4 Å². The van der Waals surface area contributed by atoms with Crippen molar-refractivity contribution in [3.8, 4) is 11.4 Å². The highest BCUT2D eigenvalue weighted by Crippen LogP contribution is 2.28. The monoisotopic (exact) mass is 468 g/mol. The summed E-state index contributed by atoms with van der Waals surface area (Å²) in [6.45, 7) is 2.72. The molecule has 34 heavy (non-hydrogen) atoms. The fourth-order valence-corrected chi connectivity index (χ4v) is 5.05. The van der Waals surface area contributed by atoms with Crippen LogP contribution < -0.4 is 10.5 Å². The van der Waals surface area contributed by atoms with E-state index in [0.717, 1.165) is 28.0 Å². The minimum Gasteiger partial charge on any atom is -0.399 e. The minimum absolute atomic E-state index is 0.115. The molecule has 5 aromatic rings. The minimum atomic E-state index is -3.78. The number of nitrogens with zero attached hydrogens (tertiary/aromatic N) is 2. The lowest BCUT2D eigenvalue weighted by molar-refractivity contribution is 0.601. The van der Waals surface area contributed by atoms with Gasteiger partial charge in [-0.25, -0.2) is 13.4 Å². The standard InChI is InChI=1S/C27H24N4O2S/c1-19-12-14-20(15-13-19)18-31-26-11-3-2-10-25(26)29-27(31)21-6-4-8-23(16-21)30-34(32,33)24-9-5-7-22(28)17-24/h2-17,30H,18,28H2,1H3. The Kier molecular flexibility index (Phi) is 5.55. The number of anilines is 2. The molecule has 0 saturated carbocycles. The molecule has 0 aliphatic heterocycles. The van der Waals surface area contributed by atoms with E-state index in [1.165, 1.54) is 17.7 Å². The number of imidazole rings is 1. The lowest BCUT2D eigenvalue weighted by atomic mass is 10.1. The van der Waals surface area contributed by atoms with Crippen molar-refractivity contribution in [1.29, 1.82) is 0 Å². The lowest BCUT2D eigenvalue weighted by Crippen LogP contribution is -2.13. The number of sulfonamides is 1. The van der Waals surface area contributed by atoms with Gasteiger partial charge in [0, 0.05) is 23.5 Å². The summed E-state index contributed by atoms with van der Waals surface area (Å²) in [7, 11) is -3.78. The van der Waals surface area contributed by atoms with Crippen LogP contribution in [0.5, 0.6) is 0 Å². The average Bonchev–Trinajstić information content (AvgIpc) is 3.19. The molecule has 0 saturated heterocycles. The zero-order chi connectivity index (χ0) is 23.7. The SMILES string of the molecule is Cc1ccc(Cn2c(-c3cccc(NS(=O)(=O)c4cccc(N)c4)c3)nc3ccccc32)cc1. The fourth-order valence-electron chi connectivity index (χ4n) is 3.95. The van der Waals surface area contributed by atoms with Gasteiger partial charge in [-0.05, 0) is 55.0 Å². The Bertz CT molecular complexity index is 1590. The van der Waals surface area contributed by atoms with Crippen LogP contribution in [0.1, 0.15) is 11.1 Å². The maximum absolute atomic E-state index is 12.9. The molecule has 5 rings (SSSR count). The van der Waals surface area contributed by atoms with Crippen molar-refractivity contribution >= 4 is 32.4 Å². The summed E-state index contributed by atoms with van der Waals surface area (Å²) in [5.41, 5.74) is 11.7. The van der Waals surface area contributed by atoms with Crippen LogP contribution in [0.15, 0.2) is 102 Å². The highest BCUT2D eigenvalue weighted by Gasteiger charge is 2.17. The van der Waals surface area contributed by atoms with Crippen molar-refractivity contribution in [2.24, 2.45) is 0 Å². The smallest absolute Gasteiger partial charge is 0.261 e. The summed E-state index contributed by atoms with van der Waals surface area (Å²) in [4.78, 5) is 4.99. The van der Waals surface area contributed by atoms with E-state index in [2.05, 4.69) is 40.5 Å². The summed E-state index contributed by atoms with van der Waals surface area (Å²) >= 11 is 0. The predicted octanol–water partition coefficient (Wildman–Crippen LogP) is 5.44. The Labute approximate surface area is 198 Å². The number of rotatable bonds is 6. The van der Waals surface area contributed by atoms with Gasteiger partial charge in [0.15, 0.2) is 0 Å². The van der Waals surface area contributed by atoms with Gasteiger partial charge < -0.3 is 10.3 Å². The Morgan fingerprint density at radius 3 is 2.44 bits per heavy atom. The van der Waals surface area contributed by atoms with Crippen LogP contribution in [-0.2, 0) is 16.6 Å². The van der Waals surface area contributed by atoms with Gasteiger partial charge in [-0.2, -0.15) is 0 Å². The number of aryl methyl sites for hydroxylation is 1. The second-order valence-corrected chi connectivity index (χ2v) is 9.94. The van der Waals surface area contributed by atoms with E-state index in [4.69, 9.17) is 10.7 Å². The highest BCUT2D eigenvalue weighted by atomic mass is 32.2. The molecule has 1 aromatic heterocycles. The van der Waals surface area contributed by atoms with Gasteiger partial charge in [0.2, 0.25) is 0 Å². The van der Waals surface area contributed by atoms with Gasteiger partial charge in [-0.3, -0.25) is 4.72 Å². The molecule has 0 fully saturated rings. The molecule has 0 atom stereocenters. The maximum Gasteiger partial charge on any atom is 0.261 e. The molecule has 4 aromatic carbocycles. The largest absolute Gasteiger partial charge is 0.399 e. The van der Waals surface area contributed by atoms with E-state index in [-0.39, 0.29) is 4.90 Å². The average molecular weight is 469 g/mol. The van der Waals surface area contributed by atoms with Crippen molar-refractivity contribution in [3.05, 3.63) is 108 Å². The number of para-hydroxylation sites is 2. The molecule has 0 spiro atoms. The summed E-state index contributed by atoms with van der Waals surface area (Å²) in [5, 5.41) is 0. The zero-order valence-corrected chi connectivity index (χ0v) is 19.5. The van der Waals surface area contributed by atoms with E-state index in [1.807, 2.05) is 36.4 Å². The fraction of sp³-hybridized carbons (Fsp3) is 0.0741. The molecule has 0 amide bonds. The van der Waals surface area contributed by atoms with Crippen LogP contribution in [-0.4, -0.2) is 18.0 Å². The first-order valence-corrected chi connectivity index (χ1v) is 12.4. The molecule has 0 radical (unpaired) electrons. The predicted molar refractivity (Wildman–Crippen MR) is 137 cm³/mol. The molecule has 7 heteroatoms. The highest BCUT2D eigenvalue weighted by molar-refractivity contribution is 7.92. The molecule has 0 bridgehead atoms. The number of hydrogen-bond acceptors (Lipinski definition) is 4. The van der Waals surface area contributed by atoms with Gasteiger partial charge in [-0.15, -0.1) is 0 Å². The summed E-state index contributed by atoms with van der Waals surface area (Å²) in [5.74, 6) is 0.770. The number of nitrogen functional groups attached to an aromatic ring is 1. The van der Waals surface area contributed by atoms with E-state index in [1.54, 1.807) is 24.3 Å². The van der Waals surface area contributed by atoms with Crippen LogP contribution in [0.2, 0.25) is 0 Å². The van der Waals surface area contributed by atoms with Crippen LogP contribution in [0.25, 0.3) is 22.4 Å². The van der Waals surface area contributed by atoms with Crippen LogP contribution >= 0.6 is 0 Å². The summed E-state index contributed by atoms with van der Waals surface area (Å²) in [6, 6.07) is 29.9. The molecular weight excluding hydrogens is 444 g/mol. The summed E-state index contributed by atoms with van der Waals surface area (Å²) < 4.78 is 30.6. The van der Waals surface area contributed by atoms with Crippen molar-refractivity contribution in [1.82, 2.24) is 9.55 Å². The number of nitrogens with one attached hydrogen (secondary N) is 1. The normalized spacial score (nSPS) is 11.6. The molecule has 1 heterocycles. The third kappa shape index (κ3) is 4.38. The van der Waals surface area contributed by atoms with Crippen molar-refractivity contribution in [2.75, 3.05) is 10.5 Å². The zero-order valence-electron chi connectivity index (χ0n) is 18.6. The van der Waals surface area contributed by atoms with Crippen LogP contribution in [0, 0.1) is 6.92 Å². The molecular formula is C27H24N4O2S. The Balaban J connectivity index is 1.54. The quantitative estimate of drug-likeness (QED) is 0.325. The van der Waals surface area contributed by atoms with E-state index in [9.17, 15) is 8.42 Å². The molecule has 6 nitrogen and oxygen atoms in total. The number of nitrogens with two attached hydrogens (primary N) is 1. The summed E-state index contributed by atoms with van der Waals surface area (Å²) in [6.07, 6.45) is 0. The van der Waals surface area contributed by atoms with Gasteiger partial charge in [-0.1, -0.05) is 60.2 Å². The molecule has 0 aliphatic carbocycles. The van der Waals surface area contributed by atoms with Gasteiger partial charge in [0.1, 0.15) is 5.82 Å². The number of aromatic nitrogens is 2. The Morgan fingerprint density at radius 1 is 0.882 bits per heavy atom. The maximum atomic E-state index is 12.9. The second-order valence-electron chi connectivity index (χ2n) is 8.25. The molecule has 0 unspecified atom stereocenters. The van der Waals surface area contributed by atoms with E-state index >= 15 is 0 Å². The first kappa shape index (κ1) is 21.7. The lowest BCUT2D eigenvalue weighted by Gasteiger charge is -2.12. The van der Waals surface area contributed by atoms with Crippen LogP contribution in [0.4, 0.5) is 11.4 Å². The molecule has 170 valence electrons. The third-order valence-corrected chi connectivity index (χ3v) is 7.04. The molecule has 3 N–H and O–H groups in total.